The summed E-state index contributed by atoms with van der Waals surface area (Å²) in [5.74, 6) is 0.111. The smallest absolute Gasteiger partial charge is 0.335 e. The van der Waals surface area contributed by atoms with Gasteiger partial charge in [0.2, 0.25) is 0 Å². The Kier molecular flexibility index (Phi) is 8.21. The van der Waals surface area contributed by atoms with E-state index in [9.17, 15) is 4.79 Å². The molecule has 0 amide bonds. The Morgan fingerprint density at radius 3 is 2.64 bits per heavy atom. The number of methoxy groups -OCH3 is 1. The Balaban J connectivity index is 2.09. The molecule has 9 heteroatoms. The molecule has 0 radical (unpaired) electrons. The number of benzene rings is 2. The minimum Gasteiger partial charge on any atom is -0.493 e. The van der Waals surface area contributed by atoms with E-state index in [2.05, 4.69) is 31.8 Å². The zero-order valence-electron chi connectivity index (χ0n) is 15.4. The zero-order chi connectivity index (χ0) is 20.5. The molecule has 0 spiro atoms. The Morgan fingerprint density at radius 1 is 1.32 bits per heavy atom. The molecule has 0 saturated carbocycles. The summed E-state index contributed by atoms with van der Waals surface area (Å²) < 4.78 is 12.0. The number of aromatic carboxylic acids is 1. The molecule has 0 aliphatic rings. The Labute approximate surface area is 176 Å². The normalized spacial score (nSPS) is 10.5. The van der Waals surface area contributed by atoms with Crippen molar-refractivity contribution in [3.8, 4) is 11.5 Å². The van der Waals surface area contributed by atoms with Crippen LogP contribution >= 0.6 is 28.1 Å². The van der Waals surface area contributed by atoms with E-state index in [0.717, 1.165) is 11.1 Å². The van der Waals surface area contributed by atoms with E-state index in [1.165, 1.54) is 12.1 Å². The van der Waals surface area contributed by atoms with Gasteiger partial charge in [-0.15, -0.1) is 0 Å². The average molecular weight is 466 g/mol. The van der Waals surface area contributed by atoms with Crippen LogP contribution in [0.3, 0.4) is 0 Å². The molecule has 0 aromatic heterocycles. The molecule has 28 heavy (non-hydrogen) atoms. The number of carboxylic acid groups (broad SMARTS) is 1. The van der Waals surface area contributed by atoms with Crippen molar-refractivity contribution in [3.63, 3.8) is 0 Å². The quantitative estimate of drug-likeness (QED) is 0.311. The monoisotopic (exact) mass is 465 g/mol. The van der Waals surface area contributed by atoms with Gasteiger partial charge < -0.3 is 19.9 Å². The summed E-state index contributed by atoms with van der Waals surface area (Å²) in [6.07, 6.45) is 1.62. The topological polar surface area (TPSA) is 92.2 Å². The van der Waals surface area contributed by atoms with E-state index in [0.29, 0.717) is 27.6 Å². The molecule has 0 fully saturated rings. The molecule has 7 nitrogen and oxygen atoms in total. The van der Waals surface area contributed by atoms with E-state index >= 15 is 0 Å². The van der Waals surface area contributed by atoms with Crippen molar-refractivity contribution in [2.45, 2.75) is 13.5 Å². The molecule has 0 bridgehead atoms. The number of nitrogens with zero attached hydrogens (tertiary/aromatic N) is 1. The molecule has 0 atom stereocenters. The summed E-state index contributed by atoms with van der Waals surface area (Å²) in [5, 5.41) is 16.4. The standard InChI is InChI=1S/C19H20BrN3O4S/c1-3-21-19(28)23-22-10-13-8-15(20)17(16(9-13)26-2)27-11-12-4-6-14(7-5-12)18(24)25/h4-10H,3,11H2,1-2H3,(H,24,25)(H2,21,23,28). The van der Waals surface area contributed by atoms with Crippen LogP contribution in [-0.2, 0) is 6.61 Å². The van der Waals surface area contributed by atoms with E-state index in [4.69, 9.17) is 26.8 Å². The van der Waals surface area contributed by atoms with Crippen LogP contribution in [0.4, 0.5) is 0 Å². The summed E-state index contributed by atoms with van der Waals surface area (Å²) >= 11 is 8.53. The summed E-state index contributed by atoms with van der Waals surface area (Å²) in [6.45, 7) is 2.92. The first-order valence-corrected chi connectivity index (χ1v) is 9.54. The molecule has 0 aliphatic heterocycles. The molecular weight excluding hydrogens is 446 g/mol. The first kappa shape index (κ1) is 21.6. The maximum Gasteiger partial charge on any atom is 0.335 e. The maximum absolute atomic E-state index is 10.9. The lowest BCUT2D eigenvalue weighted by atomic mass is 10.1. The lowest BCUT2D eigenvalue weighted by Gasteiger charge is -2.13. The molecule has 2 aromatic carbocycles. The predicted molar refractivity (Wildman–Crippen MR) is 115 cm³/mol. The molecular formula is C19H20BrN3O4S. The highest BCUT2D eigenvalue weighted by Crippen LogP contribution is 2.36. The van der Waals surface area contributed by atoms with Crippen LogP contribution in [0.1, 0.15) is 28.4 Å². The number of thiocarbonyl (C=S) groups is 1. The van der Waals surface area contributed by atoms with Crippen molar-refractivity contribution in [1.82, 2.24) is 10.7 Å². The van der Waals surface area contributed by atoms with Gasteiger partial charge in [0.15, 0.2) is 16.6 Å². The second kappa shape index (κ2) is 10.6. The van der Waals surface area contributed by atoms with Crippen LogP contribution in [0, 0.1) is 0 Å². The van der Waals surface area contributed by atoms with Crippen LogP contribution in [0.15, 0.2) is 46.0 Å². The summed E-state index contributed by atoms with van der Waals surface area (Å²) in [7, 11) is 1.55. The molecule has 0 heterocycles. The highest BCUT2D eigenvalue weighted by Gasteiger charge is 2.12. The van der Waals surface area contributed by atoms with Crippen molar-refractivity contribution in [2.24, 2.45) is 5.10 Å². The fraction of sp³-hybridized carbons (Fsp3) is 0.211. The molecule has 148 valence electrons. The lowest BCUT2D eigenvalue weighted by Crippen LogP contribution is -2.31. The fourth-order valence-corrected chi connectivity index (χ4v) is 2.99. The van der Waals surface area contributed by atoms with Gasteiger partial charge >= 0.3 is 5.97 Å². The van der Waals surface area contributed by atoms with Crippen LogP contribution < -0.4 is 20.2 Å². The van der Waals surface area contributed by atoms with Gasteiger partial charge in [-0.3, -0.25) is 5.43 Å². The Morgan fingerprint density at radius 2 is 2.04 bits per heavy atom. The van der Waals surface area contributed by atoms with Crippen molar-refractivity contribution in [3.05, 3.63) is 57.6 Å². The molecule has 0 saturated heterocycles. The van der Waals surface area contributed by atoms with Gasteiger partial charge in [-0.1, -0.05) is 12.1 Å². The number of hydrogen-bond donors (Lipinski definition) is 3. The zero-order valence-corrected chi connectivity index (χ0v) is 17.8. The van der Waals surface area contributed by atoms with Crippen molar-refractivity contribution in [1.29, 1.82) is 0 Å². The molecule has 0 unspecified atom stereocenters. The second-order valence-electron chi connectivity index (χ2n) is 5.55. The summed E-state index contributed by atoms with van der Waals surface area (Å²) in [6, 6.07) is 10.1. The van der Waals surface area contributed by atoms with E-state index in [1.807, 2.05) is 13.0 Å². The van der Waals surface area contributed by atoms with Crippen molar-refractivity contribution in [2.75, 3.05) is 13.7 Å². The minimum atomic E-state index is -0.963. The number of hydrazone groups is 1. The molecule has 2 aromatic rings. The maximum atomic E-state index is 10.9. The number of hydrogen-bond acceptors (Lipinski definition) is 5. The fourth-order valence-electron chi connectivity index (χ4n) is 2.22. The van der Waals surface area contributed by atoms with Crippen LogP contribution in [0.2, 0.25) is 0 Å². The highest BCUT2D eigenvalue weighted by molar-refractivity contribution is 9.10. The predicted octanol–water partition coefficient (Wildman–Crippen LogP) is 3.55. The van der Waals surface area contributed by atoms with E-state index < -0.39 is 5.97 Å². The molecule has 3 N–H and O–H groups in total. The van der Waals surface area contributed by atoms with Crippen molar-refractivity contribution < 1.29 is 19.4 Å². The number of carbonyl (C=O) groups is 1. The SMILES string of the molecule is CCNC(=S)NN=Cc1cc(Br)c(OCc2ccc(C(=O)O)cc2)c(OC)c1. The third kappa shape index (κ3) is 6.21. The summed E-state index contributed by atoms with van der Waals surface area (Å²) in [4.78, 5) is 10.9. The number of rotatable bonds is 8. The average Bonchev–Trinajstić information content (AvgIpc) is 2.67. The van der Waals surface area contributed by atoms with Crippen LogP contribution in [0.25, 0.3) is 0 Å². The van der Waals surface area contributed by atoms with Crippen LogP contribution in [0.5, 0.6) is 11.5 Å². The second-order valence-corrected chi connectivity index (χ2v) is 6.82. The third-order valence-electron chi connectivity index (χ3n) is 3.55. The number of ether oxygens (including phenoxy) is 2. The first-order valence-electron chi connectivity index (χ1n) is 8.34. The van der Waals surface area contributed by atoms with E-state index in [1.54, 1.807) is 31.5 Å². The van der Waals surface area contributed by atoms with Gasteiger partial charge in [0.05, 0.1) is 23.4 Å². The highest BCUT2D eigenvalue weighted by atomic mass is 79.9. The Hall–Kier alpha value is -2.65. The van der Waals surface area contributed by atoms with Gasteiger partial charge in [-0.2, -0.15) is 5.10 Å². The lowest BCUT2D eigenvalue weighted by molar-refractivity contribution is 0.0697. The largest absolute Gasteiger partial charge is 0.493 e. The Bertz CT molecular complexity index is 872. The van der Waals surface area contributed by atoms with Crippen LogP contribution in [-0.4, -0.2) is 36.1 Å². The van der Waals surface area contributed by atoms with Gasteiger partial charge in [-0.25, -0.2) is 4.79 Å². The first-order chi connectivity index (χ1) is 13.4. The number of nitrogens with one attached hydrogen (secondary N) is 2. The van der Waals surface area contributed by atoms with Gasteiger partial charge in [0, 0.05) is 6.54 Å². The number of halogens is 1. The third-order valence-corrected chi connectivity index (χ3v) is 4.38. The van der Waals surface area contributed by atoms with Gasteiger partial charge in [0.1, 0.15) is 6.61 Å². The minimum absolute atomic E-state index is 0.230. The van der Waals surface area contributed by atoms with E-state index in [-0.39, 0.29) is 12.2 Å². The van der Waals surface area contributed by atoms with Crippen molar-refractivity contribution >= 4 is 45.4 Å². The van der Waals surface area contributed by atoms with Gasteiger partial charge in [0.25, 0.3) is 0 Å². The number of carboxylic acids is 1. The molecule has 0 aliphatic carbocycles. The summed E-state index contributed by atoms with van der Waals surface area (Å²) in [5.41, 5.74) is 4.58. The van der Waals surface area contributed by atoms with Gasteiger partial charge in [-0.05, 0) is 70.5 Å². The molecule has 2 rings (SSSR count).